The minimum absolute atomic E-state index is 0. The Morgan fingerprint density at radius 2 is 1.43 bits per heavy atom. The molecule has 0 saturated carbocycles. The molecule has 0 radical (unpaired) electrons. The molecular weight excluding hydrogens is 242 g/mol. The first kappa shape index (κ1) is 16.4. The number of hydrogen-bond donors (Lipinski definition) is 2. The van der Waals surface area contributed by atoms with Gasteiger partial charge in [-0.15, -0.1) is 24.8 Å². The third-order valence-corrected chi connectivity index (χ3v) is 2.16. The Bertz CT molecular complexity index is 234. The lowest BCUT2D eigenvalue weighted by atomic mass is 10.00. The molecule has 4 N–H and O–H groups in total. The number of nitrogens with two attached hydrogens (primary N) is 2. The molecule has 0 heterocycles. The Balaban J connectivity index is 0. The summed E-state index contributed by atoms with van der Waals surface area (Å²) < 4.78 is 0. The average Bonchev–Trinajstić information content (AvgIpc) is 2.10. The Labute approximate surface area is 102 Å². The summed E-state index contributed by atoms with van der Waals surface area (Å²) in [7, 11) is 0. The molecule has 0 bridgehead atoms. The van der Waals surface area contributed by atoms with E-state index in [1.165, 1.54) is 0 Å². The van der Waals surface area contributed by atoms with Gasteiger partial charge in [-0.05, 0) is 17.7 Å². The van der Waals surface area contributed by atoms with Crippen molar-refractivity contribution >= 4 is 36.4 Å². The predicted octanol–water partition coefficient (Wildman–Crippen LogP) is 2.18. The topological polar surface area (TPSA) is 52.0 Å². The van der Waals surface area contributed by atoms with E-state index in [0.29, 0.717) is 13.1 Å². The fourth-order valence-electron chi connectivity index (χ4n) is 1.10. The Morgan fingerprint density at radius 3 is 1.79 bits per heavy atom. The van der Waals surface area contributed by atoms with E-state index in [1.807, 2.05) is 24.3 Å². The van der Waals surface area contributed by atoms with Gasteiger partial charge in [0.15, 0.2) is 0 Å². The maximum absolute atomic E-state index is 5.74. The lowest BCUT2D eigenvalue weighted by Gasteiger charge is -2.11. The van der Waals surface area contributed by atoms with Gasteiger partial charge in [0.1, 0.15) is 0 Å². The quantitative estimate of drug-likeness (QED) is 0.872. The molecule has 1 aromatic rings. The van der Waals surface area contributed by atoms with Crippen molar-refractivity contribution in [2.75, 3.05) is 13.1 Å². The zero-order chi connectivity index (χ0) is 8.97. The zero-order valence-corrected chi connectivity index (χ0v) is 10.0. The van der Waals surface area contributed by atoms with Gasteiger partial charge in [-0.2, -0.15) is 0 Å². The lowest BCUT2D eigenvalue weighted by molar-refractivity contribution is 0.708. The largest absolute Gasteiger partial charge is 0.330 e. The molecule has 1 rings (SSSR count). The number of hydrogen-bond acceptors (Lipinski definition) is 2. The molecule has 0 aliphatic rings. The van der Waals surface area contributed by atoms with E-state index in [2.05, 4.69) is 0 Å². The van der Waals surface area contributed by atoms with Gasteiger partial charge in [0, 0.05) is 24.0 Å². The van der Waals surface area contributed by atoms with Crippen LogP contribution in [0.15, 0.2) is 24.3 Å². The van der Waals surface area contributed by atoms with Gasteiger partial charge in [0.05, 0.1) is 0 Å². The third-order valence-electron chi connectivity index (χ3n) is 1.91. The van der Waals surface area contributed by atoms with Gasteiger partial charge in [-0.3, -0.25) is 0 Å². The number of halogens is 3. The molecule has 0 spiro atoms. The van der Waals surface area contributed by atoms with Crippen LogP contribution in [0.1, 0.15) is 11.5 Å². The van der Waals surface area contributed by atoms with Gasteiger partial charge >= 0.3 is 0 Å². The van der Waals surface area contributed by atoms with Gasteiger partial charge < -0.3 is 11.5 Å². The molecule has 0 aliphatic heterocycles. The molecule has 1 aromatic carbocycles. The highest BCUT2D eigenvalue weighted by Gasteiger charge is 2.05. The Kier molecular flexibility index (Phi) is 9.78. The summed E-state index contributed by atoms with van der Waals surface area (Å²) in [6.45, 7) is 1.16. The first-order chi connectivity index (χ1) is 5.77. The van der Waals surface area contributed by atoms with E-state index in [0.717, 1.165) is 10.6 Å². The van der Waals surface area contributed by atoms with Crippen molar-refractivity contribution < 1.29 is 0 Å². The summed E-state index contributed by atoms with van der Waals surface area (Å²) in [4.78, 5) is 0. The van der Waals surface area contributed by atoms with Crippen molar-refractivity contribution in [1.82, 2.24) is 0 Å². The molecule has 82 valence electrons. The molecule has 0 fully saturated rings. The normalized spacial score (nSPS) is 9.14. The van der Waals surface area contributed by atoms with Crippen molar-refractivity contribution in [3.63, 3.8) is 0 Å². The monoisotopic (exact) mass is 256 g/mol. The molecule has 0 saturated heterocycles. The van der Waals surface area contributed by atoms with E-state index in [4.69, 9.17) is 23.1 Å². The Hall–Kier alpha value is 0.01000. The highest BCUT2D eigenvalue weighted by molar-refractivity contribution is 6.30. The van der Waals surface area contributed by atoms with Crippen LogP contribution in [0.25, 0.3) is 0 Å². The number of benzene rings is 1. The van der Waals surface area contributed by atoms with Crippen LogP contribution in [0.4, 0.5) is 0 Å². The first-order valence-corrected chi connectivity index (χ1v) is 4.31. The molecular formula is C9H15Cl3N2. The summed E-state index contributed by atoms with van der Waals surface area (Å²) in [5.41, 5.74) is 12.2. The summed E-state index contributed by atoms with van der Waals surface area (Å²) in [6, 6.07) is 7.64. The van der Waals surface area contributed by atoms with Crippen LogP contribution in [0, 0.1) is 0 Å². The van der Waals surface area contributed by atoms with Crippen molar-refractivity contribution in [3.8, 4) is 0 Å². The summed E-state index contributed by atoms with van der Waals surface area (Å²) in [5, 5.41) is 0.742. The number of rotatable bonds is 3. The fourth-order valence-corrected chi connectivity index (χ4v) is 1.23. The van der Waals surface area contributed by atoms with E-state index < -0.39 is 0 Å². The average molecular weight is 258 g/mol. The summed E-state index contributed by atoms with van der Waals surface area (Å²) in [5.74, 6) is 0.252. The van der Waals surface area contributed by atoms with Crippen LogP contribution in [-0.2, 0) is 0 Å². The standard InChI is InChI=1S/C9H13ClN2.2ClH/c10-9-3-1-7(2-4-9)8(5-11)6-12;;/h1-4,8H,5-6,11-12H2;2*1H. The highest BCUT2D eigenvalue weighted by atomic mass is 35.5. The summed E-state index contributed by atoms with van der Waals surface area (Å²) in [6.07, 6.45) is 0. The van der Waals surface area contributed by atoms with Gasteiger partial charge in [0.25, 0.3) is 0 Å². The summed E-state index contributed by atoms with van der Waals surface area (Å²) >= 11 is 5.74. The minimum atomic E-state index is 0. The van der Waals surface area contributed by atoms with Crippen LogP contribution in [-0.4, -0.2) is 13.1 Å². The van der Waals surface area contributed by atoms with Gasteiger partial charge in [-0.25, -0.2) is 0 Å². The second-order valence-corrected chi connectivity index (χ2v) is 3.16. The Morgan fingerprint density at radius 1 is 1.00 bits per heavy atom. The van der Waals surface area contributed by atoms with Crippen LogP contribution < -0.4 is 11.5 Å². The third kappa shape index (κ3) is 4.49. The molecule has 2 nitrogen and oxygen atoms in total. The van der Waals surface area contributed by atoms with Crippen LogP contribution in [0.5, 0.6) is 0 Å². The van der Waals surface area contributed by atoms with E-state index in [-0.39, 0.29) is 30.7 Å². The molecule has 0 unspecified atom stereocenters. The molecule has 5 heteroatoms. The first-order valence-electron chi connectivity index (χ1n) is 3.93. The van der Waals surface area contributed by atoms with Crippen molar-refractivity contribution in [2.24, 2.45) is 11.5 Å². The molecule has 0 atom stereocenters. The molecule has 0 amide bonds. The lowest BCUT2D eigenvalue weighted by Crippen LogP contribution is -2.20. The van der Waals surface area contributed by atoms with Gasteiger partial charge in [-0.1, -0.05) is 23.7 Å². The van der Waals surface area contributed by atoms with Crippen LogP contribution >= 0.6 is 36.4 Å². The van der Waals surface area contributed by atoms with Crippen LogP contribution in [0.2, 0.25) is 5.02 Å². The second-order valence-electron chi connectivity index (χ2n) is 2.72. The van der Waals surface area contributed by atoms with Crippen LogP contribution in [0.3, 0.4) is 0 Å². The van der Waals surface area contributed by atoms with E-state index >= 15 is 0 Å². The van der Waals surface area contributed by atoms with E-state index in [1.54, 1.807) is 0 Å². The fraction of sp³-hybridized carbons (Fsp3) is 0.333. The minimum Gasteiger partial charge on any atom is -0.330 e. The zero-order valence-electron chi connectivity index (χ0n) is 7.65. The van der Waals surface area contributed by atoms with Crippen molar-refractivity contribution in [3.05, 3.63) is 34.9 Å². The SMILES string of the molecule is Cl.Cl.NCC(CN)c1ccc(Cl)cc1. The van der Waals surface area contributed by atoms with Crippen molar-refractivity contribution in [2.45, 2.75) is 5.92 Å². The predicted molar refractivity (Wildman–Crippen MR) is 66.8 cm³/mol. The maximum Gasteiger partial charge on any atom is 0.0406 e. The highest BCUT2D eigenvalue weighted by Crippen LogP contribution is 2.16. The molecule has 14 heavy (non-hydrogen) atoms. The smallest absolute Gasteiger partial charge is 0.0406 e. The van der Waals surface area contributed by atoms with Gasteiger partial charge in [0.2, 0.25) is 0 Å². The molecule has 0 aromatic heterocycles. The van der Waals surface area contributed by atoms with E-state index in [9.17, 15) is 0 Å². The maximum atomic E-state index is 5.74. The molecule has 0 aliphatic carbocycles. The van der Waals surface area contributed by atoms with Crippen molar-refractivity contribution in [1.29, 1.82) is 0 Å². The second kappa shape index (κ2) is 8.33.